The van der Waals surface area contributed by atoms with Crippen molar-refractivity contribution in [3.63, 3.8) is 0 Å². The van der Waals surface area contributed by atoms with E-state index >= 15 is 0 Å². The lowest BCUT2D eigenvalue weighted by atomic mass is 10.1. The lowest BCUT2D eigenvalue weighted by Crippen LogP contribution is -2.47. The molecule has 0 saturated carbocycles. The van der Waals surface area contributed by atoms with Crippen molar-refractivity contribution >= 4 is 17.9 Å². The molecule has 2 fully saturated rings. The van der Waals surface area contributed by atoms with E-state index < -0.39 is 0 Å². The van der Waals surface area contributed by atoms with Crippen molar-refractivity contribution in [2.24, 2.45) is 0 Å². The zero-order chi connectivity index (χ0) is 14.2. The topological polar surface area (TPSA) is 44.8 Å². The second kappa shape index (κ2) is 8.74. The summed E-state index contributed by atoms with van der Waals surface area (Å²) >= 11 is 2.06. The molecule has 2 saturated heterocycles. The smallest absolute Gasteiger partial charge is 0.409 e. The summed E-state index contributed by atoms with van der Waals surface area (Å²) < 4.78 is 5.04. The summed E-state index contributed by atoms with van der Waals surface area (Å²) in [5.74, 6) is 2.55. The molecule has 0 aliphatic carbocycles. The Morgan fingerprint density at radius 3 is 2.60 bits per heavy atom. The molecular formula is C14H27N3O2S. The predicted molar refractivity (Wildman–Crippen MR) is 83.4 cm³/mol. The van der Waals surface area contributed by atoms with E-state index in [9.17, 15) is 4.79 Å². The van der Waals surface area contributed by atoms with Crippen LogP contribution in [0.1, 0.15) is 19.8 Å². The highest BCUT2D eigenvalue weighted by atomic mass is 32.2. The van der Waals surface area contributed by atoms with Gasteiger partial charge in [0.2, 0.25) is 0 Å². The van der Waals surface area contributed by atoms with Crippen molar-refractivity contribution in [1.29, 1.82) is 0 Å². The number of hydrogen-bond acceptors (Lipinski definition) is 5. The molecule has 0 aromatic heterocycles. The van der Waals surface area contributed by atoms with Crippen LogP contribution < -0.4 is 5.32 Å². The molecule has 0 aromatic rings. The van der Waals surface area contributed by atoms with Gasteiger partial charge in [0.1, 0.15) is 0 Å². The monoisotopic (exact) mass is 301 g/mol. The Morgan fingerprint density at radius 2 is 1.95 bits per heavy atom. The Bertz CT molecular complexity index is 290. The molecule has 0 aromatic carbocycles. The molecule has 0 atom stereocenters. The fourth-order valence-corrected chi connectivity index (χ4v) is 3.71. The first-order valence-corrected chi connectivity index (χ1v) is 8.90. The minimum atomic E-state index is -0.156. The lowest BCUT2D eigenvalue weighted by Gasteiger charge is -2.32. The van der Waals surface area contributed by atoms with Gasteiger partial charge in [0.05, 0.1) is 6.61 Å². The number of hydrogen-bond donors (Lipinski definition) is 1. The van der Waals surface area contributed by atoms with Crippen LogP contribution in [0.2, 0.25) is 0 Å². The largest absolute Gasteiger partial charge is 0.450 e. The van der Waals surface area contributed by atoms with E-state index in [-0.39, 0.29) is 6.09 Å². The number of thioether (sulfide) groups is 1. The molecule has 2 rings (SSSR count). The number of carbonyl (C=O) groups excluding carboxylic acids is 1. The standard InChI is InChI=1S/C14H27N3O2S/c1-2-19-14(18)17-6-3-13(4-7-17)15-5-8-16-9-11-20-12-10-16/h13,15H,2-12H2,1H3. The third-order valence-corrected chi connectivity index (χ3v) is 4.93. The van der Waals surface area contributed by atoms with Gasteiger partial charge in [0.15, 0.2) is 0 Å². The van der Waals surface area contributed by atoms with Gasteiger partial charge < -0.3 is 19.9 Å². The highest BCUT2D eigenvalue weighted by Crippen LogP contribution is 2.12. The Morgan fingerprint density at radius 1 is 1.25 bits per heavy atom. The first-order valence-electron chi connectivity index (χ1n) is 7.74. The van der Waals surface area contributed by atoms with Gasteiger partial charge in [-0.15, -0.1) is 0 Å². The summed E-state index contributed by atoms with van der Waals surface area (Å²) in [4.78, 5) is 16.0. The first-order chi connectivity index (χ1) is 9.79. The van der Waals surface area contributed by atoms with Crippen molar-refractivity contribution < 1.29 is 9.53 Å². The Balaban J connectivity index is 1.56. The Kier molecular flexibility index (Phi) is 6.96. The normalized spacial score (nSPS) is 21.9. The van der Waals surface area contributed by atoms with E-state index in [0.717, 1.165) is 39.0 Å². The maximum absolute atomic E-state index is 11.6. The molecule has 1 N–H and O–H groups in total. The lowest BCUT2D eigenvalue weighted by molar-refractivity contribution is 0.0949. The van der Waals surface area contributed by atoms with Crippen molar-refractivity contribution in [3.05, 3.63) is 0 Å². The van der Waals surface area contributed by atoms with Gasteiger partial charge in [-0.2, -0.15) is 11.8 Å². The third-order valence-electron chi connectivity index (χ3n) is 3.99. The van der Waals surface area contributed by atoms with Crippen molar-refractivity contribution in [3.8, 4) is 0 Å². The van der Waals surface area contributed by atoms with E-state index in [2.05, 4.69) is 22.0 Å². The molecule has 2 heterocycles. The maximum Gasteiger partial charge on any atom is 0.409 e. The highest BCUT2D eigenvalue weighted by Gasteiger charge is 2.23. The zero-order valence-corrected chi connectivity index (χ0v) is 13.3. The van der Waals surface area contributed by atoms with Crippen LogP contribution in [0.3, 0.4) is 0 Å². The number of ether oxygens (including phenoxy) is 1. The van der Waals surface area contributed by atoms with Gasteiger partial charge in [-0.3, -0.25) is 0 Å². The molecule has 2 aliphatic heterocycles. The minimum Gasteiger partial charge on any atom is -0.450 e. The second-order valence-corrected chi connectivity index (χ2v) is 6.59. The molecule has 2 aliphatic rings. The first kappa shape index (κ1) is 15.9. The quantitative estimate of drug-likeness (QED) is 0.828. The van der Waals surface area contributed by atoms with Crippen LogP contribution in [-0.4, -0.2) is 79.3 Å². The van der Waals surface area contributed by atoms with Crippen LogP contribution in [-0.2, 0) is 4.74 Å². The van der Waals surface area contributed by atoms with Crippen molar-refractivity contribution in [2.45, 2.75) is 25.8 Å². The van der Waals surface area contributed by atoms with E-state index in [0.29, 0.717) is 12.6 Å². The summed E-state index contributed by atoms with van der Waals surface area (Å²) in [5, 5.41) is 3.63. The van der Waals surface area contributed by atoms with Crippen LogP contribution in [0.25, 0.3) is 0 Å². The average Bonchev–Trinajstić information content (AvgIpc) is 2.49. The summed E-state index contributed by atoms with van der Waals surface area (Å²) in [6.07, 6.45) is 1.92. The fraction of sp³-hybridized carbons (Fsp3) is 0.929. The minimum absolute atomic E-state index is 0.156. The zero-order valence-electron chi connectivity index (χ0n) is 12.5. The van der Waals surface area contributed by atoms with Crippen LogP contribution in [0.5, 0.6) is 0 Å². The molecule has 5 nitrogen and oxygen atoms in total. The molecule has 116 valence electrons. The number of likely N-dealkylation sites (tertiary alicyclic amines) is 1. The number of rotatable bonds is 5. The van der Waals surface area contributed by atoms with Crippen molar-refractivity contribution in [1.82, 2.24) is 15.1 Å². The van der Waals surface area contributed by atoms with Gasteiger partial charge >= 0.3 is 6.09 Å². The molecule has 20 heavy (non-hydrogen) atoms. The molecule has 0 radical (unpaired) electrons. The maximum atomic E-state index is 11.6. The van der Waals surface area contributed by atoms with Gasteiger partial charge in [-0.25, -0.2) is 4.79 Å². The number of carbonyl (C=O) groups is 1. The molecular weight excluding hydrogens is 274 g/mol. The second-order valence-electron chi connectivity index (χ2n) is 5.37. The molecule has 1 amide bonds. The van der Waals surface area contributed by atoms with Crippen LogP contribution in [0, 0.1) is 0 Å². The fourth-order valence-electron chi connectivity index (χ4n) is 2.73. The highest BCUT2D eigenvalue weighted by molar-refractivity contribution is 7.99. The van der Waals surface area contributed by atoms with Gasteiger partial charge in [-0.05, 0) is 19.8 Å². The molecule has 6 heteroatoms. The van der Waals surface area contributed by atoms with Crippen LogP contribution >= 0.6 is 11.8 Å². The van der Waals surface area contributed by atoms with Gasteiger partial charge in [0.25, 0.3) is 0 Å². The van der Waals surface area contributed by atoms with Crippen LogP contribution in [0.15, 0.2) is 0 Å². The van der Waals surface area contributed by atoms with Gasteiger partial charge in [-0.1, -0.05) is 0 Å². The van der Waals surface area contributed by atoms with E-state index in [4.69, 9.17) is 4.74 Å². The molecule has 0 bridgehead atoms. The number of nitrogens with one attached hydrogen (secondary N) is 1. The Labute approximate surface area is 126 Å². The SMILES string of the molecule is CCOC(=O)N1CCC(NCCN2CCSCC2)CC1. The summed E-state index contributed by atoms with van der Waals surface area (Å²) in [5.41, 5.74) is 0. The van der Waals surface area contributed by atoms with Crippen LogP contribution in [0.4, 0.5) is 4.79 Å². The Hall–Kier alpha value is -0.460. The van der Waals surface area contributed by atoms with E-state index in [1.807, 2.05) is 11.8 Å². The summed E-state index contributed by atoms with van der Waals surface area (Å²) in [7, 11) is 0. The molecule has 0 unspecified atom stereocenters. The third kappa shape index (κ3) is 5.14. The number of amides is 1. The number of nitrogens with zero attached hydrogens (tertiary/aromatic N) is 2. The average molecular weight is 301 g/mol. The summed E-state index contributed by atoms with van der Waals surface area (Å²) in [6, 6.07) is 0.555. The predicted octanol–water partition coefficient (Wildman–Crippen LogP) is 1.25. The van der Waals surface area contributed by atoms with E-state index in [1.54, 1.807) is 0 Å². The number of piperidine rings is 1. The molecule has 0 spiro atoms. The summed E-state index contributed by atoms with van der Waals surface area (Å²) in [6.45, 7) is 8.62. The van der Waals surface area contributed by atoms with Gasteiger partial charge in [0, 0.05) is 56.8 Å². The van der Waals surface area contributed by atoms with E-state index in [1.165, 1.54) is 24.6 Å². The van der Waals surface area contributed by atoms with Crippen molar-refractivity contribution in [2.75, 3.05) is 57.4 Å².